The molecule has 0 atom stereocenters. The number of hydrogen-bond acceptors (Lipinski definition) is 6. The molecule has 0 saturated carbocycles. The molecule has 3 N–H and O–H groups in total. The smallest absolute Gasteiger partial charge is 0.257 e. The summed E-state index contributed by atoms with van der Waals surface area (Å²) in [5.41, 5.74) is 5.92. The Morgan fingerprint density at radius 1 is 1.00 bits per heavy atom. The maximum atomic E-state index is 11.9. The van der Waals surface area contributed by atoms with E-state index in [2.05, 4.69) is 37.1 Å². The number of thioether (sulfide) groups is 1. The molecular formula is C18H15BrN4O3S2. The van der Waals surface area contributed by atoms with Gasteiger partial charge in [-0.25, -0.2) is 4.98 Å². The number of rotatable bonds is 6. The molecule has 0 saturated heterocycles. The molecule has 1 heterocycles. The molecule has 3 amide bonds. The molecule has 0 bridgehead atoms. The molecule has 28 heavy (non-hydrogen) atoms. The molecule has 0 radical (unpaired) electrons. The Bertz CT molecular complexity index is 974. The van der Waals surface area contributed by atoms with Gasteiger partial charge in [0.15, 0.2) is 4.34 Å². The number of carbonyl (C=O) groups excluding carboxylic acids is 3. The predicted molar refractivity (Wildman–Crippen MR) is 113 cm³/mol. The molecule has 7 nitrogen and oxygen atoms in total. The van der Waals surface area contributed by atoms with Crippen LogP contribution in [0.2, 0.25) is 0 Å². The minimum Gasteiger partial charge on any atom is -0.343 e. The van der Waals surface area contributed by atoms with E-state index in [4.69, 9.17) is 0 Å². The van der Waals surface area contributed by atoms with E-state index in [1.165, 1.54) is 23.1 Å². The number of halogens is 1. The molecule has 144 valence electrons. The first-order valence-corrected chi connectivity index (χ1v) is 10.7. The van der Waals surface area contributed by atoms with Gasteiger partial charge in [-0.3, -0.25) is 25.2 Å². The first kappa shape index (κ1) is 20.3. The van der Waals surface area contributed by atoms with Gasteiger partial charge in [-0.2, -0.15) is 0 Å². The molecule has 0 aliphatic carbocycles. The number of carbonyl (C=O) groups is 3. The Morgan fingerprint density at radius 2 is 1.71 bits per heavy atom. The van der Waals surface area contributed by atoms with Gasteiger partial charge in [0.05, 0.1) is 22.5 Å². The van der Waals surface area contributed by atoms with Crippen LogP contribution in [0.25, 0.3) is 10.2 Å². The Morgan fingerprint density at radius 3 is 2.46 bits per heavy atom. The summed E-state index contributed by atoms with van der Waals surface area (Å²) in [6, 6.07) is 14.5. The lowest BCUT2D eigenvalue weighted by atomic mass is 10.2. The Hall–Kier alpha value is -2.43. The van der Waals surface area contributed by atoms with Crippen molar-refractivity contribution in [3.8, 4) is 0 Å². The Balaban J connectivity index is 1.37. The zero-order valence-electron chi connectivity index (χ0n) is 14.4. The van der Waals surface area contributed by atoms with Crippen LogP contribution in [-0.2, 0) is 9.59 Å². The molecule has 0 aliphatic heterocycles. The lowest BCUT2D eigenvalue weighted by molar-refractivity contribution is -0.127. The molecule has 0 fully saturated rings. The number of thiazole rings is 1. The van der Waals surface area contributed by atoms with Gasteiger partial charge in [0.2, 0.25) is 5.91 Å². The van der Waals surface area contributed by atoms with Crippen molar-refractivity contribution in [1.82, 2.24) is 21.2 Å². The molecule has 0 spiro atoms. The van der Waals surface area contributed by atoms with Crippen molar-refractivity contribution in [1.29, 1.82) is 0 Å². The van der Waals surface area contributed by atoms with Crippen molar-refractivity contribution in [2.75, 3.05) is 12.3 Å². The molecule has 10 heteroatoms. The third-order valence-electron chi connectivity index (χ3n) is 3.46. The number of para-hydroxylation sites is 1. The maximum absolute atomic E-state index is 11.9. The van der Waals surface area contributed by atoms with E-state index in [-0.39, 0.29) is 24.1 Å². The van der Waals surface area contributed by atoms with Crippen LogP contribution >= 0.6 is 39.0 Å². The van der Waals surface area contributed by atoms with E-state index in [1.54, 1.807) is 24.3 Å². The third kappa shape index (κ3) is 5.78. The molecule has 1 aromatic heterocycles. The number of benzene rings is 2. The average Bonchev–Trinajstić information content (AvgIpc) is 3.12. The van der Waals surface area contributed by atoms with Crippen LogP contribution in [0.3, 0.4) is 0 Å². The van der Waals surface area contributed by atoms with E-state index in [9.17, 15) is 14.4 Å². The predicted octanol–water partition coefficient (Wildman–Crippen LogP) is 2.73. The average molecular weight is 479 g/mol. The molecular weight excluding hydrogens is 464 g/mol. The van der Waals surface area contributed by atoms with E-state index in [0.29, 0.717) is 5.56 Å². The highest BCUT2D eigenvalue weighted by Gasteiger charge is 2.10. The van der Waals surface area contributed by atoms with E-state index >= 15 is 0 Å². The summed E-state index contributed by atoms with van der Waals surface area (Å²) in [5, 5.41) is 2.48. The minimum atomic E-state index is -0.524. The SMILES string of the molecule is O=C(CNC(=O)c1ccc(Br)cc1)NNC(=O)CSc1nc2ccccc2s1. The number of aromatic nitrogens is 1. The van der Waals surface area contributed by atoms with Gasteiger partial charge >= 0.3 is 0 Å². The molecule has 3 rings (SSSR count). The van der Waals surface area contributed by atoms with Gasteiger partial charge in [0.1, 0.15) is 0 Å². The first-order valence-electron chi connectivity index (χ1n) is 8.11. The highest BCUT2D eigenvalue weighted by Crippen LogP contribution is 2.28. The first-order chi connectivity index (χ1) is 13.5. The lowest BCUT2D eigenvalue weighted by Gasteiger charge is -2.08. The fraction of sp³-hybridized carbons (Fsp3) is 0.111. The third-order valence-corrected chi connectivity index (χ3v) is 6.17. The molecule has 2 aromatic carbocycles. The van der Waals surface area contributed by atoms with E-state index in [1.807, 2.05) is 24.3 Å². The van der Waals surface area contributed by atoms with Crippen molar-refractivity contribution < 1.29 is 14.4 Å². The number of fused-ring (bicyclic) bond motifs is 1. The van der Waals surface area contributed by atoms with Gasteiger partial charge in [0.25, 0.3) is 11.8 Å². The topological polar surface area (TPSA) is 100 Å². The summed E-state index contributed by atoms with van der Waals surface area (Å²) in [5.74, 6) is -1.15. The van der Waals surface area contributed by atoms with Crippen LogP contribution in [0.15, 0.2) is 57.3 Å². The summed E-state index contributed by atoms with van der Waals surface area (Å²) in [4.78, 5) is 40.0. The molecule has 0 unspecified atom stereocenters. The van der Waals surface area contributed by atoms with Crippen molar-refractivity contribution >= 4 is 67.0 Å². The second-order valence-electron chi connectivity index (χ2n) is 5.52. The largest absolute Gasteiger partial charge is 0.343 e. The van der Waals surface area contributed by atoms with Gasteiger partial charge in [0, 0.05) is 10.0 Å². The van der Waals surface area contributed by atoms with Gasteiger partial charge < -0.3 is 5.32 Å². The maximum Gasteiger partial charge on any atom is 0.257 e. The zero-order chi connectivity index (χ0) is 19.9. The van der Waals surface area contributed by atoms with Crippen LogP contribution in [0.1, 0.15) is 10.4 Å². The molecule has 3 aromatic rings. The highest BCUT2D eigenvalue weighted by atomic mass is 79.9. The van der Waals surface area contributed by atoms with Crippen LogP contribution in [0.4, 0.5) is 0 Å². The number of hydrogen-bond donors (Lipinski definition) is 3. The normalized spacial score (nSPS) is 10.5. The van der Waals surface area contributed by atoms with Crippen LogP contribution in [0, 0.1) is 0 Å². The summed E-state index contributed by atoms with van der Waals surface area (Å²) in [6.45, 7) is -0.250. The summed E-state index contributed by atoms with van der Waals surface area (Å²) in [6.07, 6.45) is 0. The van der Waals surface area contributed by atoms with Gasteiger partial charge in [-0.1, -0.05) is 39.8 Å². The Kier molecular flexibility index (Phi) is 7.01. The summed E-state index contributed by atoms with van der Waals surface area (Å²) in [7, 11) is 0. The fourth-order valence-corrected chi connectivity index (χ4v) is 4.26. The zero-order valence-corrected chi connectivity index (χ0v) is 17.6. The van der Waals surface area contributed by atoms with Crippen molar-refractivity contribution in [2.45, 2.75) is 4.34 Å². The van der Waals surface area contributed by atoms with Crippen LogP contribution < -0.4 is 16.2 Å². The van der Waals surface area contributed by atoms with Gasteiger partial charge in [-0.15, -0.1) is 11.3 Å². The van der Waals surface area contributed by atoms with Gasteiger partial charge in [-0.05, 0) is 36.4 Å². The number of nitrogens with one attached hydrogen (secondary N) is 3. The highest BCUT2D eigenvalue weighted by molar-refractivity contribution is 9.10. The number of nitrogens with zero attached hydrogens (tertiary/aromatic N) is 1. The minimum absolute atomic E-state index is 0.116. The van der Waals surface area contributed by atoms with Crippen LogP contribution in [-0.4, -0.2) is 35.0 Å². The van der Waals surface area contributed by atoms with Crippen molar-refractivity contribution in [2.24, 2.45) is 0 Å². The van der Waals surface area contributed by atoms with Crippen molar-refractivity contribution in [3.05, 3.63) is 58.6 Å². The fourth-order valence-electron chi connectivity index (χ4n) is 2.12. The summed E-state index contributed by atoms with van der Waals surface area (Å²) < 4.78 is 2.69. The van der Waals surface area contributed by atoms with E-state index in [0.717, 1.165) is 19.0 Å². The van der Waals surface area contributed by atoms with Crippen LogP contribution in [0.5, 0.6) is 0 Å². The Labute approximate surface area is 177 Å². The monoisotopic (exact) mass is 478 g/mol. The lowest BCUT2D eigenvalue weighted by Crippen LogP contribution is -2.46. The summed E-state index contributed by atoms with van der Waals surface area (Å²) >= 11 is 6.09. The van der Waals surface area contributed by atoms with Crippen molar-refractivity contribution in [3.63, 3.8) is 0 Å². The number of hydrazine groups is 1. The standard InChI is InChI=1S/C18H15BrN4O3S2/c19-12-7-5-11(6-8-12)17(26)20-9-15(24)22-23-16(25)10-27-18-21-13-3-1-2-4-14(13)28-18/h1-8H,9-10H2,(H,20,26)(H,22,24)(H,23,25). The molecule has 0 aliphatic rings. The second kappa shape index (κ2) is 9.67. The quantitative estimate of drug-likeness (QED) is 0.373. The number of amides is 3. The second-order valence-corrected chi connectivity index (χ2v) is 8.69. The van der Waals surface area contributed by atoms with E-state index < -0.39 is 5.91 Å².